The van der Waals surface area contributed by atoms with Crippen molar-refractivity contribution in [2.24, 2.45) is 11.8 Å². The molecule has 0 aromatic carbocycles. The van der Waals surface area contributed by atoms with Gasteiger partial charge in [-0.3, -0.25) is 0 Å². The van der Waals surface area contributed by atoms with E-state index in [2.05, 4.69) is 24.1 Å². The molecule has 0 aromatic rings. The fourth-order valence-corrected chi connectivity index (χ4v) is 2.62. The van der Waals surface area contributed by atoms with Crippen LogP contribution in [0.2, 0.25) is 0 Å². The molecule has 1 heterocycles. The minimum Gasteiger partial charge on any atom is -0.382 e. The Labute approximate surface area is 125 Å². The van der Waals surface area contributed by atoms with E-state index in [9.17, 15) is 0 Å². The summed E-state index contributed by atoms with van der Waals surface area (Å²) in [6.45, 7) is 12.9. The summed E-state index contributed by atoms with van der Waals surface area (Å²) in [7, 11) is 1.71. The van der Waals surface area contributed by atoms with Crippen molar-refractivity contribution in [3.05, 3.63) is 0 Å². The Morgan fingerprint density at radius 3 is 2.55 bits per heavy atom. The van der Waals surface area contributed by atoms with Crippen molar-refractivity contribution in [3.8, 4) is 0 Å². The van der Waals surface area contributed by atoms with Gasteiger partial charge in [-0.1, -0.05) is 13.8 Å². The summed E-state index contributed by atoms with van der Waals surface area (Å²) in [5, 5.41) is 3.59. The monoisotopic (exact) mass is 286 g/mol. The quantitative estimate of drug-likeness (QED) is 0.589. The molecule has 1 rings (SSSR count). The van der Waals surface area contributed by atoms with E-state index in [4.69, 9.17) is 9.47 Å². The van der Waals surface area contributed by atoms with Gasteiger partial charge in [0.15, 0.2) is 0 Å². The molecule has 1 aliphatic rings. The van der Waals surface area contributed by atoms with E-state index in [0.29, 0.717) is 6.61 Å². The Bertz CT molecular complexity index is 217. The molecule has 1 N–H and O–H groups in total. The van der Waals surface area contributed by atoms with Gasteiger partial charge in [-0.2, -0.15) is 0 Å². The molecule has 1 saturated heterocycles. The number of piperidine rings is 1. The van der Waals surface area contributed by atoms with Crippen molar-refractivity contribution in [2.45, 2.75) is 33.1 Å². The molecule has 0 saturated carbocycles. The standard InChI is InChI=1S/C16H34N2O2/c1-15(2)13-17-14-16-5-8-18(9-6-16)7-4-10-20-12-11-19-3/h15-17H,4-14H2,1-3H3. The Balaban J connectivity index is 1.93. The Kier molecular flexibility index (Phi) is 10.3. The van der Waals surface area contributed by atoms with Gasteiger partial charge in [0.1, 0.15) is 0 Å². The van der Waals surface area contributed by atoms with Crippen LogP contribution in [0, 0.1) is 11.8 Å². The molecule has 0 atom stereocenters. The Hall–Kier alpha value is -0.160. The zero-order valence-corrected chi connectivity index (χ0v) is 13.7. The summed E-state index contributed by atoms with van der Waals surface area (Å²) in [5.74, 6) is 1.64. The molecule has 1 aliphatic heterocycles. The van der Waals surface area contributed by atoms with Crippen molar-refractivity contribution < 1.29 is 9.47 Å². The van der Waals surface area contributed by atoms with Crippen LogP contribution in [0.25, 0.3) is 0 Å². The summed E-state index contributed by atoms with van der Waals surface area (Å²) in [5.41, 5.74) is 0. The van der Waals surface area contributed by atoms with Gasteiger partial charge in [-0.05, 0) is 57.3 Å². The van der Waals surface area contributed by atoms with Crippen molar-refractivity contribution in [2.75, 3.05) is 59.7 Å². The molecule has 120 valence electrons. The third-order valence-electron chi connectivity index (χ3n) is 3.89. The lowest BCUT2D eigenvalue weighted by Gasteiger charge is -2.32. The molecule has 0 radical (unpaired) electrons. The summed E-state index contributed by atoms with van der Waals surface area (Å²) >= 11 is 0. The summed E-state index contributed by atoms with van der Waals surface area (Å²) in [4.78, 5) is 2.58. The molecule has 0 unspecified atom stereocenters. The minimum atomic E-state index is 0.703. The molecule has 1 fully saturated rings. The molecule has 0 bridgehead atoms. The molecule has 0 aromatic heterocycles. The van der Waals surface area contributed by atoms with Gasteiger partial charge >= 0.3 is 0 Å². The second-order valence-corrected chi connectivity index (χ2v) is 6.30. The van der Waals surface area contributed by atoms with Gasteiger partial charge in [0.05, 0.1) is 13.2 Å². The largest absolute Gasteiger partial charge is 0.382 e. The third kappa shape index (κ3) is 8.90. The first-order valence-corrected chi connectivity index (χ1v) is 8.22. The first-order chi connectivity index (χ1) is 9.72. The van der Waals surface area contributed by atoms with E-state index >= 15 is 0 Å². The fraction of sp³-hybridized carbons (Fsp3) is 1.00. The third-order valence-corrected chi connectivity index (χ3v) is 3.89. The lowest BCUT2D eigenvalue weighted by molar-refractivity contribution is 0.0630. The van der Waals surface area contributed by atoms with Crippen LogP contribution >= 0.6 is 0 Å². The number of hydrogen-bond donors (Lipinski definition) is 1. The van der Waals surface area contributed by atoms with Gasteiger partial charge in [0, 0.05) is 20.3 Å². The maximum absolute atomic E-state index is 5.50. The van der Waals surface area contributed by atoms with Crippen LogP contribution in [0.3, 0.4) is 0 Å². The highest BCUT2D eigenvalue weighted by Gasteiger charge is 2.18. The second kappa shape index (κ2) is 11.5. The number of hydrogen-bond acceptors (Lipinski definition) is 4. The minimum absolute atomic E-state index is 0.703. The average Bonchev–Trinajstić information content (AvgIpc) is 2.44. The molecule has 4 nitrogen and oxygen atoms in total. The van der Waals surface area contributed by atoms with E-state index in [-0.39, 0.29) is 0 Å². The SMILES string of the molecule is COCCOCCCN1CCC(CNCC(C)C)CC1. The summed E-state index contributed by atoms with van der Waals surface area (Å²) in [6, 6.07) is 0. The molecule has 4 heteroatoms. The van der Waals surface area contributed by atoms with Gasteiger partial charge in [-0.15, -0.1) is 0 Å². The number of nitrogens with zero attached hydrogens (tertiary/aromatic N) is 1. The lowest BCUT2D eigenvalue weighted by atomic mass is 9.96. The van der Waals surface area contributed by atoms with Crippen LogP contribution in [0.5, 0.6) is 0 Å². The van der Waals surface area contributed by atoms with Gasteiger partial charge < -0.3 is 19.7 Å². The summed E-state index contributed by atoms with van der Waals surface area (Å²) < 4.78 is 10.5. The molecule has 0 aliphatic carbocycles. The van der Waals surface area contributed by atoms with Crippen LogP contribution in [0.1, 0.15) is 33.1 Å². The predicted octanol–water partition coefficient (Wildman–Crippen LogP) is 2.00. The smallest absolute Gasteiger partial charge is 0.0700 e. The maximum Gasteiger partial charge on any atom is 0.0700 e. The fourth-order valence-electron chi connectivity index (χ4n) is 2.62. The predicted molar refractivity (Wildman–Crippen MR) is 84.2 cm³/mol. The zero-order valence-electron chi connectivity index (χ0n) is 13.7. The Morgan fingerprint density at radius 2 is 1.90 bits per heavy atom. The number of nitrogens with one attached hydrogen (secondary N) is 1. The lowest BCUT2D eigenvalue weighted by Crippen LogP contribution is -2.38. The van der Waals surface area contributed by atoms with Gasteiger partial charge in [0.2, 0.25) is 0 Å². The van der Waals surface area contributed by atoms with E-state index in [0.717, 1.165) is 38.0 Å². The normalized spacial score (nSPS) is 18.0. The number of rotatable bonds is 11. The first-order valence-electron chi connectivity index (χ1n) is 8.22. The van der Waals surface area contributed by atoms with E-state index in [1.165, 1.54) is 39.0 Å². The topological polar surface area (TPSA) is 33.7 Å². The number of likely N-dealkylation sites (tertiary alicyclic amines) is 1. The second-order valence-electron chi connectivity index (χ2n) is 6.30. The van der Waals surface area contributed by atoms with Crippen molar-refractivity contribution in [1.82, 2.24) is 10.2 Å². The maximum atomic E-state index is 5.50. The molecule has 0 spiro atoms. The molecular formula is C16H34N2O2. The molecular weight excluding hydrogens is 252 g/mol. The highest BCUT2D eigenvalue weighted by atomic mass is 16.5. The van der Waals surface area contributed by atoms with Gasteiger partial charge in [-0.25, -0.2) is 0 Å². The highest BCUT2D eigenvalue weighted by Crippen LogP contribution is 2.16. The Morgan fingerprint density at radius 1 is 1.15 bits per heavy atom. The van der Waals surface area contributed by atoms with Crippen LogP contribution in [0.15, 0.2) is 0 Å². The van der Waals surface area contributed by atoms with Gasteiger partial charge in [0.25, 0.3) is 0 Å². The number of ether oxygens (including phenoxy) is 2. The van der Waals surface area contributed by atoms with E-state index in [1.807, 2.05) is 0 Å². The van der Waals surface area contributed by atoms with Crippen LogP contribution in [0.4, 0.5) is 0 Å². The van der Waals surface area contributed by atoms with E-state index < -0.39 is 0 Å². The molecule has 20 heavy (non-hydrogen) atoms. The van der Waals surface area contributed by atoms with Crippen molar-refractivity contribution in [1.29, 1.82) is 0 Å². The van der Waals surface area contributed by atoms with Crippen molar-refractivity contribution in [3.63, 3.8) is 0 Å². The van der Waals surface area contributed by atoms with Crippen LogP contribution < -0.4 is 5.32 Å². The van der Waals surface area contributed by atoms with Crippen LogP contribution in [-0.2, 0) is 9.47 Å². The number of methoxy groups -OCH3 is 1. The molecule has 0 amide bonds. The highest BCUT2D eigenvalue weighted by molar-refractivity contribution is 4.74. The van der Waals surface area contributed by atoms with Crippen molar-refractivity contribution >= 4 is 0 Å². The van der Waals surface area contributed by atoms with E-state index in [1.54, 1.807) is 7.11 Å². The zero-order chi connectivity index (χ0) is 14.6. The van der Waals surface area contributed by atoms with Crippen LogP contribution in [-0.4, -0.2) is 64.6 Å². The average molecular weight is 286 g/mol. The summed E-state index contributed by atoms with van der Waals surface area (Å²) in [6.07, 6.45) is 3.82. The first kappa shape index (κ1) is 17.9.